The largest absolute Gasteiger partial charge is 0.389 e. The van der Waals surface area contributed by atoms with Crippen molar-refractivity contribution in [2.45, 2.75) is 33.1 Å². The summed E-state index contributed by atoms with van der Waals surface area (Å²) in [6.45, 7) is 1.53. The molecule has 0 saturated heterocycles. The van der Waals surface area contributed by atoms with Gasteiger partial charge in [-0.25, -0.2) is 0 Å². The lowest BCUT2D eigenvalue weighted by Crippen LogP contribution is -2.25. The molecule has 0 fully saturated rings. The zero-order valence-electron chi connectivity index (χ0n) is 8.09. The average molecular weight is 204 g/mol. The molecular formula is C10H24N2O2. The van der Waals surface area contributed by atoms with E-state index in [1.165, 1.54) is 0 Å². The summed E-state index contributed by atoms with van der Waals surface area (Å²) in [5.74, 6) is -0.151. The van der Waals surface area contributed by atoms with E-state index in [-0.39, 0.29) is 26.4 Å². The molecule has 0 aromatic carbocycles. The maximum absolute atomic E-state index is 10.6. The number of hydrogen-bond acceptors (Lipinski definition) is 4. The Bertz CT molecular complexity index is 129. The molecule has 0 aromatic rings. The van der Waals surface area contributed by atoms with Crippen molar-refractivity contribution in [3.05, 3.63) is 0 Å². The monoisotopic (exact) mass is 204 g/mol. The van der Waals surface area contributed by atoms with Gasteiger partial charge in [-0.3, -0.25) is 4.79 Å². The SMILES string of the molecule is C.NCCCCCCNCC(=O)CO. The van der Waals surface area contributed by atoms with Crippen molar-refractivity contribution in [3.8, 4) is 0 Å². The fourth-order valence-electron chi connectivity index (χ4n) is 1.03. The van der Waals surface area contributed by atoms with Crippen LogP contribution in [0.1, 0.15) is 33.1 Å². The van der Waals surface area contributed by atoms with E-state index < -0.39 is 0 Å². The van der Waals surface area contributed by atoms with Crippen LogP contribution in [0.4, 0.5) is 0 Å². The summed E-state index contributed by atoms with van der Waals surface area (Å²) in [7, 11) is 0. The Kier molecular flexibility index (Phi) is 14.3. The number of nitrogens with two attached hydrogens (primary N) is 1. The molecule has 0 saturated carbocycles. The number of carbonyl (C=O) groups is 1. The molecular weight excluding hydrogens is 180 g/mol. The zero-order chi connectivity index (χ0) is 9.94. The van der Waals surface area contributed by atoms with E-state index in [0.717, 1.165) is 38.8 Å². The molecule has 0 bridgehead atoms. The van der Waals surface area contributed by atoms with Crippen molar-refractivity contribution in [2.75, 3.05) is 26.2 Å². The lowest BCUT2D eigenvalue weighted by molar-refractivity contribution is -0.120. The van der Waals surface area contributed by atoms with Gasteiger partial charge in [-0.05, 0) is 25.9 Å². The van der Waals surface area contributed by atoms with E-state index in [9.17, 15) is 4.79 Å². The van der Waals surface area contributed by atoms with Crippen molar-refractivity contribution in [1.29, 1.82) is 0 Å². The highest BCUT2D eigenvalue weighted by molar-refractivity contribution is 5.81. The van der Waals surface area contributed by atoms with E-state index in [0.29, 0.717) is 0 Å². The second-order valence-corrected chi connectivity index (χ2v) is 3.08. The summed E-state index contributed by atoms with van der Waals surface area (Å²) in [6.07, 6.45) is 4.46. The maximum Gasteiger partial charge on any atom is 0.171 e. The van der Waals surface area contributed by atoms with Gasteiger partial charge in [-0.2, -0.15) is 0 Å². The first-order valence-corrected chi connectivity index (χ1v) is 4.84. The van der Waals surface area contributed by atoms with Gasteiger partial charge in [-0.1, -0.05) is 20.3 Å². The highest BCUT2D eigenvalue weighted by atomic mass is 16.3. The van der Waals surface area contributed by atoms with Crippen molar-refractivity contribution >= 4 is 5.78 Å². The van der Waals surface area contributed by atoms with Gasteiger partial charge in [0.05, 0.1) is 6.54 Å². The van der Waals surface area contributed by atoms with Crippen molar-refractivity contribution in [1.82, 2.24) is 5.32 Å². The number of nitrogens with one attached hydrogen (secondary N) is 1. The third-order valence-corrected chi connectivity index (χ3v) is 1.81. The highest BCUT2D eigenvalue weighted by Crippen LogP contribution is 1.96. The Morgan fingerprint density at radius 3 is 2.43 bits per heavy atom. The first kappa shape index (κ1) is 16.0. The number of aliphatic hydroxyl groups is 1. The van der Waals surface area contributed by atoms with Crippen molar-refractivity contribution < 1.29 is 9.90 Å². The molecule has 4 nitrogen and oxygen atoms in total. The van der Waals surface area contributed by atoms with Gasteiger partial charge in [0.15, 0.2) is 5.78 Å². The van der Waals surface area contributed by atoms with E-state index in [4.69, 9.17) is 10.8 Å². The second kappa shape index (κ2) is 12.6. The van der Waals surface area contributed by atoms with Crippen LogP contribution in [-0.4, -0.2) is 37.1 Å². The molecule has 4 N–H and O–H groups in total. The Morgan fingerprint density at radius 1 is 1.21 bits per heavy atom. The molecule has 0 atom stereocenters. The summed E-state index contributed by atoms with van der Waals surface area (Å²) in [5.41, 5.74) is 5.34. The quantitative estimate of drug-likeness (QED) is 0.472. The Balaban J connectivity index is 0. The van der Waals surface area contributed by atoms with Gasteiger partial charge in [-0.15, -0.1) is 0 Å². The predicted octanol–water partition coefficient (Wildman–Crippen LogP) is 0.293. The number of carbonyl (C=O) groups excluding carboxylic acids is 1. The number of aliphatic hydroxyl groups excluding tert-OH is 1. The van der Waals surface area contributed by atoms with Crippen LogP contribution in [0.3, 0.4) is 0 Å². The molecule has 0 aliphatic rings. The van der Waals surface area contributed by atoms with Crippen LogP contribution in [0.2, 0.25) is 0 Å². The van der Waals surface area contributed by atoms with E-state index in [1.54, 1.807) is 0 Å². The molecule has 86 valence electrons. The smallest absolute Gasteiger partial charge is 0.171 e. The molecule has 0 spiro atoms. The van der Waals surface area contributed by atoms with Crippen LogP contribution in [0.5, 0.6) is 0 Å². The van der Waals surface area contributed by atoms with E-state index >= 15 is 0 Å². The predicted molar refractivity (Wildman–Crippen MR) is 59.2 cm³/mol. The van der Waals surface area contributed by atoms with Gasteiger partial charge >= 0.3 is 0 Å². The molecule has 14 heavy (non-hydrogen) atoms. The normalized spacial score (nSPS) is 9.57. The van der Waals surface area contributed by atoms with Crippen LogP contribution in [0.25, 0.3) is 0 Å². The standard InChI is InChI=1S/C9H20N2O2.CH4/c10-5-3-1-2-4-6-11-7-9(13)8-12;/h11-12H,1-8,10H2;1H4. The van der Waals surface area contributed by atoms with Crippen molar-refractivity contribution in [2.24, 2.45) is 5.73 Å². The molecule has 0 aliphatic carbocycles. The summed E-state index contributed by atoms with van der Waals surface area (Å²) in [5, 5.41) is 11.4. The van der Waals surface area contributed by atoms with Crippen LogP contribution in [-0.2, 0) is 4.79 Å². The fourth-order valence-corrected chi connectivity index (χ4v) is 1.03. The minimum atomic E-state index is -0.361. The minimum Gasteiger partial charge on any atom is -0.389 e. The number of unbranched alkanes of at least 4 members (excludes halogenated alkanes) is 3. The van der Waals surface area contributed by atoms with Crippen LogP contribution in [0.15, 0.2) is 0 Å². The zero-order valence-corrected chi connectivity index (χ0v) is 8.09. The van der Waals surface area contributed by atoms with E-state index in [2.05, 4.69) is 5.32 Å². The molecule has 4 heteroatoms. The third-order valence-electron chi connectivity index (χ3n) is 1.81. The summed E-state index contributed by atoms with van der Waals surface area (Å²) in [6, 6.07) is 0. The third kappa shape index (κ3) is 11.6. The number of rotatable bonds is 9. The molecule has 0 rings (SSSR count). The Morgan fingerprint density at radius 2 is 1.86 bits per heavy atom. The maximum atomic E-state index is 10.6. The van der Waals surface area contributed by atoms with Crippen molar-refractivity contribution in [3.63, 3.8) is 0 Å². The van der Waals surface area contributed by atoms with Crippen LogP contribution < -0.4 is 11.1 Å². The topological polar surface area (TPSA) is 75.3 Å². The molecule has 0 aliphatic heterocycles. The number of hydrogen-bond donors (Lipinski definition) is 3. The fraction of sp³-hybridized carbons (Fsp3) is 0.900. The minimum absolute atomic E-state index is 0. The molecule has 0 unspecified atom stereocenters. The van der Waals surface area contributed by atoms with E-state index in [1.807, 2.05) is 0 Å². The van der Waals surface area contributed by atoms with Gasteiger partial charge < -0.3 is 16.2 Å². The Labute approximate surface area is 86.9 Å². The lowest BCUT2D eigenvalue weighted by Gasteiger charge is -2.02. The first-order valence-electron chi connectivity index (χ1n) is 4.84. The summed E-state index contributed by atoms with van der Waals surface area (Å²) in [4.78, 5) is 10.6. The average Bonchev–Trinajstić information content (AvgIpc) is 2.16. The molecule has 0 aromatic heterocycles. The molecule has 0 amide bonds. The molecule has 0 heterocycles. The lowest BCUT2D eigenvalue weighted by atomic mass is 10.2. The summed E-state index contributed by atoms with van der Waals surface area (Å²) >= 11 is 0. The molecule has 0 radical (unpaired) electrons. The van der Waals surface area contributed by atoms with Gasteiger partial charge in [0, 0.05) is 0 Å². The van der Waals surface area contributed by atoms with Crippen LogP contribution in [0, 0.1) is 0 Å². The number of ketones is 1. The van der Waals surface area contributed by atoms with Gasteiger partial charge in [0.25, 0.3) is 0 Å². The second-order valence-electron chi connectivity index (χ2n) is 3.08. The number of Topliss-reactive ketones (excluding diaryl/α,β-unsaturated/α-hetero) is 1. The summed E-state index contributed by atoms with van der Waals surface area (Å²) < 4.78 is 0. The van der Waals surface area contributed by atoms with Crippen LogP contribution >= 0.6 is 0 Å². The van der Waals surface area contributed by atoms with Gasteiger partial charge in [0.2, 0.25) is 0 Å². The van der Waals surface area contributed by atoms with Gasteiger partial charge in [0.1, 0.15) is 6.61 Å². The Hall–Kier alpha value is -0.450. The first-order chi connectivity index (χ1) is 6.31. The highest BCUT2D eigenvalue weighted by Gasteiger charge is 1.96.